The van der Waals surface area contributed by atoms with Gasteiger partial charge < -0.3 is 15.4 Å². The molecule has 1 aromatic rings. The smallest absolute Gasteiger partial charge is 0.408 e. The number of hydrogen-bond acceptors (Lipinski definition) is 4. The molecule has 0 bridgehead atoms. The number of rotatable bonds is 5. The average molecular weight is 450 g/mol. The Balaban J connectivity index is 2.09. The van der Waals surface area contributed by atoms with Gasteiger partial charge in [0, 0.05) is 10.9 Å². The molecular weight excluding hydrogens is 422 g/mol. The van der Waals surface area contributed by atoms with Crippen LogP contribution in [0.5, 0.6) is 0 Å². The molecule has 2 N–H and O–H groups in total. The van der Waals surface area contributed by atoms with Crippen LogP contribution in [0.15, 0.2) is 28.7 Å². The molecule has 6 nitrogen and oxygen atoms in total. The van der Waals surface area contributed by atoms with E-state index in [1.807, 2.05) is 24.3 Å². The normalized spacial score (nSPS) is 17.1. The Bertz CT molecular complexity index is 729. The summed E-state index contributed by atoms with van der Waals surface area (Å²) in [7, 11) is 0. The van der Waals surface area contributed by atoms with Crippen molar-refractivity contribution in [1.82, 2.24) is 10.6 Å². The SMILES string of the molecule is CC(C)(C)OC(=O)NC1(C(=O)N[C@H](C#N)Cc2ccc(Br)cc2)CCCCC1. The highest BCUT2D eigenvalue weighted by Gasteiger charge is 2.42. The number of halogens is 1. The van der Waals surface area contributed by atoms with Crippen molar-refractivity contribution in [3.05, 3.63) is 34.3 Å². The molecule has 1 fully saturated rings. The van der Waals surface area contributed by atoms with Crippen LogP contribution in [0, 0.1) is 11.3 Å². The van der Waals surface area contributed by atoms with Crippen LogP contribution < -0.4 is 10.6 Å². The summed E-state index contributed by atoms with van der Waals surface area (Å²) in [4.78, 5) is 25.4. The van der Waals surface area contributed by atoms with E-state index in [4.69, 9.17) is 4.74 Å². The van der Waals surface area contributed by atoms with Gasteiger partial charge in [-0.15, -0.1) is 0 Å². The van der Waals surface area contributed by atoms with E-state index in [9.17, 15) is 14.9 Å². The molecule has 0 radical (unpaired) electrons. The highest BCUT2D eigenvalue weighted by Crippen LogP contribution is 2.29. The summed E-state index contributed by atoms with van der Waals surface area (Å²) in [6, 6.07) is 9.11. The highest BCUT2D eigenvalue weighted by molar-refractivity contribution is 9.10. The monoisotopic (exact) mass is 449 g/mol. The molecule has 0 aromatic heterocycles. The van der Waals surface area contributed by atoms with Gasteiger partial charge in [0.05, 0.1) is 6.07 Å². The molecule has 1 aliphatic rings. The number of carbonyl (C=O) groups is 2. The number of alkyl carbamates (subject to hydrolysis) is 1. The zero-order valence-corrected chi connectivity index (χ0v) is 18.3. The van der Waals surface area contributed by atoms with Crippen LogP contribution in [-0.4, -0.2) is 29.2 Å². The third kappa shape index (κ3) is 6.52. The lowest BCUT2D eigenvalue weighted by atomic mass is 9.80. The molecule has 0 spiro atoms. The Morgan fingerprint density at radius 3 is 2.36 bits per heavy atom. The van der Waals surface area contributed by atoms with Crippen LogP contribution in [0.1, 0.15) is 58.4 Å². The van der Waals surface area contributed by atoms with Gasteiger partial charge in [-0.2, -0.15) is 5.26 Å². The van der Waals surface area contributed by atoms with Gasteiger partial charge in [-0.25, -0.2) is 4.79 Å². The summed E-state index contributed by atoms with van der Waals surface area (Å²) in [6.07, 6.45) is 3.57. The van der Waals surface area contributed by atoms with Crippen LogP contribution >= 0.6 is 15.9 Å². The minimum atomic E-state index is -1.03. The van der Waals surface area contributed by atoms with E-state index in [0.717, 1.165) is 29.3 Å². The lowest BCUT2D eigenvalue weighted by molar-refractivity contribution is -0.129. The maximum absolute atomic E-state index is 13.1. The molecule has 1 atom stereocenters. The van der Waals surface area contributed by atoms with Crippen molar-refractivity contribution < 1.29 is 14.3 Å². The zero-order chi connectivity index (χ0) is 20.8. The molecular formula is C21H28BrN3O3. The third-order valence-electron chi connectivity index (χ3n) is 4.70. The second-order valence-electron chi connectivity index (χ2n) is 8.26. The van der Waals surface area contributed by atoms with E-state index >= 15 is 0 Å². The first-order valence-corrected chi connectivity index (χ1v) is 10.4. The Labute approximate surface area is 175 Å². The van der Waals surface area contributed by atoms with Crippen LogP contribution in [0.4, 0.5) is 4.79 Å². The molecule has 1 saturated carbocycles. The quantitative estimate of drug-likeness (QED) is 0.703. The van der Waals surface area contributed by atoms with Gasteiger partial charge in [0.2, 0.25) is 5.91 Å². The molecule has 152 valence electrons. The number of ether oxygens (including phenoxy) is 1. The molecule has 0 unspecified atom stereocenters. The van der Waals surface area contributed by atoms with Gasteiger partial charge >= 0.3 is 6.09 Å². The average Bonchev–Trinajstić information content (AvgIpc) is 2.62. The minimum absolute atomic E-state index is 0.318. The summed E-state index contributed by atoms with van der Waals surface area (Å²) >= 11 is 3.38. The molecule has 0 heterocycles. The van der Waals surface area contributed by atoms with E-state index in [2.05, 4.69) is 32.6 Å². The third-order valence-corrected chi connectivity index (χ3v) is 5.22. The summed E-state index contributed by atoms with van der Waals surface area (Å²) in [5.41, 5.74) is -0.726. The second kappa shape index (κ2) is 9.42. The molecule has 2 amide bonds. The molecule has 0 saturated heterocycles. The Morgan fingerprint density at radius 1 is 1.21 bits per heavy atom. The van der Waals surface area contributed by atoms with Crippen molar-refractivity contribution in [2.24, 2.45) is 0 Å². The standard InChI is InChI=1S/C21H28BrN3O3/c1-20(2,3)28-19(27)25-21(11-5-4-6-12-21)18(26)24-17(14-23)13-15-7-9-16(22)10-8-15/h7-10,17H,4-6,11-13H2,1-3H3,(H,24,26)(H,25,27)/t17-/m0/s1. The summed E-state index contributed by atoms with van der Waals surface area (Å²) in [5.74, 6) is -0.318. The Hall–Kier alpha value is -2.07. The van der Waals surface area contributed by atoms with Gasteiger partial charge in [0.15, 0.2) is 0 Å². The van der Waals surface area contributed by atoms with Crippen LogP contribution in [0.25, 0.3) is 0 Å². The summed E-state index contributed by atoms with van der Waals surface area (Å²) < 4.78 is 6.31. The fourth-order valence-electron chi connectivity index (χ4n) is 3.34. The van der Waals surface area contributed by atoms with E-state index in [1.165, 1.54) is 0 Å². The molecule has 7 heteroatoms. The Morgan fingerprint density at radius 2 is 1.82 bits per heavy atom. The number of nitrogens with one attached hydrogen (secondary N) is 2. The molecule has 1 aromatic carbocycles. The molecule has 2 rings (SSSR count). The first-order chi connectivity index (χ1) is 13.1. The van der Waals surface area contributed by atoms with Gasteiger partial charge in [-0.3, -0.25) is 4.79 Å². The predicted molar refractivity (Wildman–Crippen MR) is 111 cm³/mol. The summed E-state index contributed by atoms with van der Waals surface area (Å²) in [5, 5.41) is 15.1. The van der Waals surface area contributed by atoms with Gasteiger partial charge in [-0.1, -0.05) is 47.3 Å². The zero-order valence-electron chi connectivity index (χ0n) is 16.7. The number of nitriles is 1. The first-order valence-electron chi connectivity index (χ1n) is 9.60. The lowest BCUT2D eigenvalue weighted by Gasteiger charge is -2.37. The maximum Gasteiger partial charge on any atom is 0.408 e. The van der Waals surface area contributed by atoms with E-state index in [1.54, 1.807) is 20.8 Å². The van der Waals surface area contributed by atoms with Gasteiger partial charge in [0.25, 0.3) is 0 Å². The topological polar surface area (TPSA) is 91.2 Å². The van der Waals surface area contributed by atoms with Crippen LogP contribution in [0.3, 0.4) is 0 Å². The molecule has 0 aliphatic heterocycles. The van der Waals surface area contributed by atoms with E-state index in [-0.39, 0.29) is 5.91 Å². The van der Waals surface area contributed by atoms with E-state index < -0.39 is 23.3 Å². The fourth-order valence-corrected chi connectivity index (χ4v) is 3.61. The first kappa shape index (κ1) is 22.2. The maximum atomic E-state index is 13.1. The predicted octanol–water partition coefficient (Wildman–Crippen LogP) is 4.23. The molecule has 1 aliphatic carbocycles. The Kier molecular flexibility index (Phi) is 7.48. The van der Waals surface area contributed by atoms with Crippen molar-refractivity contribution in [3.8, 4) is 6.07 Å². The highest BCUT2D eigenvalue weighted by atomic mass is 79.9. The van der Waals surface area contributed by atoms with Crippen molar-refractivity contribution in [1.29, 1.82) is 5.26 Å². The van der Waals surface area contributed by atoms with E-state index in [0.29, 0.717) is 19.3 Å². The number of nitrogens with zero attached hydrogens (tertiary/aromatic N) is 1. The van der Waals surface area contributed by atoms with Crippen molar-refractivity contribution >= 4 is 27.9 Å². The fraction of sp³-hybridized carbons (Fsp3) is 0.571. The van der Waals surface area contributed by atoms with Crippen molar-refractivity contribution in [3.63, 3.8) is 0 Å². The van der Waals surface area contributed by atoms with Crippen molar-refractivity contribution in [2.75, 3.05) is 0 Å². The second-order valence-corrected chi connectivity index (χ2v) is 9.17. The van der Waals surface area contributed by atoms with Gasteiger partial charge in [-0.05, 0) is 51.3 Å². The number of carbonyl (C=O) groups excluding carboxylic acids is 2. The lowest BCUT2D eigenvalue weighted by Crippen LogP contribution is -2.61. The number of benzene rings is 1. The minimum Gasteiger partial charge on any atom is -0.444 e. The number of amides is 2. The van der Waals surface area contributed by atoms with Gasteiger partial charge in [0.1, 0.15) is 17.2 Å². The van der Waals surface area contributed by atoms with Crippen LogP contribution in [-0.2, 0) is 16.0 Å². The molecule has 28 heavy (non-hydrogen) atoms. The number of hydrogen-bond donors (Lipinski definition) is 2. The van der Waals surface area contributed by atoms with Crippen LogP contribution in [0.2, 0.25) is 0 Å². The van der Waals surface area contributed by atoms with Crippen molar-refractivity contribution in [2.45, 2.75) is 76.5 Å². The summed E-state index contributed by atoms with van der Waals surface area (Å²) in [6.45, 7) is 5.35. The largest absolute Gasteiger partial charge is 0.444 e.